The maximum Gasteiger partial charge on any atom is 0.227 e. The van der Waals surface area contributed by atoms with E-state index in [1.54, 1.807) is 7.11 Å². The minimum absolute atomic E-state index is 0.0223. The van der Waals surface area contributed by atoms with Gasteiger partial charge in [0.05, 0.1) is 18.7 Å². The van der Waals surface area contributed by atoms with E-state index in [0.717, 1.165) is 68.1 Å². The number of aromatic nitrogens is 2. The van der Waals surface area contributed by atoms with Crippen molar-refractivity contribution in [1.82, 2.24) is 20.0 Å². The van der Waals surface area contributed by atoms with E-state index >= 15 is 0 Å². The molecular weight excluding hydrogens is 390 g/mol. The standard InChI is InChI=1S/C24H33N5O2/c1-27-15-12-19(13-16-27)28(2)24(30)18-7-6-14-29(17-18)23-11-10-21(25-26-23)20-8-4-5-9-22(20)31-3/h4-5,8-11,18-19H,6-7,12-17H2,1-3H3. The third kappa shape index (κ3) is 4.82. The number of anilines is 1. The van der Waals surface area contributed by atoms with Crippen LogP contribution in [-0.4, -0.2) is 79.3 Å². The lowest BCUT2D eigenvalue weighted by Gasteiger charge is -2.39. The highest BCUT2D eigenvalue weighted by Crippen LogP contribution is 2.29. The maximum atomic E-state index is 13.2. The molecule has 1 aromatic heterocycles. The summed E-state index contributed by atoms with van der Waals surface area (Å²) in [4.78, 5) is 19.8. The molecule has 1 unspecified atom stereocenters. The van der Waals surface area contributed by atoms with Crippen molar-refractivity contribution in [3.05, 3.63) is 36.4 Å². The number of amides is 1. The summed E-state index contributed by atoms with van der Waals surface area (Å²) in [5.74, 6) is 1.91. The van der Waals surface area contributed by atoms with E-state index in [1.807, 2.05) is 48.3 Å². The van der Waals surface area contributed by atoms with E-state index in [4.69, 9.17) is 4.74 Å². The molecule has 0 saturated carbocycles. The van der Waals surface area contributed by atoms with E-state index in [1.165, 1.54) is 0 Å². The number of piperidine rings is 2. The Balaban J connectivity index is 1.42. The molecule has 1 atom stereocenters. The molecule has 0 aliphatic carbocycles. The van der Waals surface area contributed by atoms with Crippen LogP contribution in [0.15, 0.2) is 36.4 Å². The molecule has 2 aliphatic heterocycles. The summed E-state index contributed by atoms with van der Waals surface area (Å²) in [5, 5.41) is 8.93. The lowest BCUT2D eigenvalue weighted by atomic mass is 9.94. The number of benzene rings is 1. The van der Waals surface area contributed by atoms with Crippen LogP contribution in [0.4, 0.5) is 5.82 Å². The molecule has 2 fully saturated rings. The van der Waals surface area contributed by atoms with Crippen molar-refractivity contribution in [3.63, 3.8) is 0 Å². The van der Waals surface area contributed by atoms with Crippen LogP contribution in [-0.2, 0) is 4.79 Å². The van der Waals surface area contributed by atoms with Crippen molar-refractivity contribution in [2.75, 3.05) is 52.3 Å². The second-order valence-electron chi connectivity index (χ2n) is 8.75. The number of nitrogens with zero attached hydrogens (tertiary/aromatic N) is 5. The molecule has 3 heterocycles. The second-order valence-corrected chi connectivity index (χ2v) is 8.75. The fourth-order valence-corrected chi connectivity index (χ4v) is 4.73. The summed E-state index contributed by atoms with van der Waals surface area (Å²) in [6.45, 7) is 3.74. The first-order valence-electron chi connectivity index (χ1n) is 11.2. The quantitative estimate of drug-likeness (QED) is 0.737. The van der Waals surface area contributed by atoms with Crippen LogP contribution >= 0.6 is 0 Å². The molecule has 0 spiro atoms. The Morgan fingerprint density at radius 3 is 2.55 bits per heavy atom. The highest BCUT2D eigenvalue weighted by Gasteiger charge is 2.32. The Morgan fingerprint density at radius 1 is 1.06 bits per heavy atom. The van der Waals surface area contributed by atoms with Crippen LogP contribution in [0.5, 0.6) is 5.75 Å². The lowest BCUT2D eigenvalue weighted by molar-refractivity contribution is -0.137. The highest BCUT2D eigenvalue weighted by molar-refractivity contribution is 5.80. The lowest BCUT2D eigenvalue weighted by Crippen LogP contribution is -2.49. The fourth-order valence-electron chi connectivity index (χ4n) is 4.73. The number of hydrogen-bond donors (Lipinski definition) is 0. The Labute approximate surface area is 185 Å². The van der Waals surface area contributed by atoms with Gasteiger partial charge in [-0.3, -0.25) is 4.79 Å². The zero-order chi connectivity index (χ0) is 21.8. The van der Waals surface area contributed by atoms with Crippen LogP contribution in [0.1, 0.15) is 25.7 Å². The van der Waals surface area contributed by atoms with E-state index in [9.17, 15) is 4.79 Å². The third-order valence-corrected chi connectivity index (χ3v) is 6.71. The van der Waals surface area contributed by atoms with E-state index in [-0.39, 0.29) is 11.8 Å². The number of para-hydroxylation sites is 1. The molecule has 0 bridgehead atoms. The van der Waals surface area contributed by atoms with E-state index in [2.05, 4.69) is 27.0 Å². The molecule has 2 aromatic rings. The van der Waals surface area contributed by atoms with Gasteiger partial charge in [0.1, 0.15) is 5.75 Å². The molecule has 2 aliphatic rings. The predicted octanol–water partition coefficient (Wildman–Crippen LogP) is 2.92. The molecule has 1 aromatic carbocycles. The Bertz CT molecular complexity index is 880. The van der Waals surface area contributed by atoms with Crippen LogP contribution in [0.3, 0.4) is 0 Å². The number of likely N-dealkylation sites (tertiary alicyclic amines) is 1. The molecular formula is C24H33N5O2. The van der Waals surface area contributed by atoms with Crippen molar-refractivity contribution in [1.29, 1.82) is 0 Å². The molecule has 0 N–H and O–H groups in total. The van der Waals surface area contributed by atoms with Gasteiger partial charge in [-0.05, 0) is 70.1 Å². The Morgan fingerprint density at radius 2 is 1.84 bits per heavy atom. The molecule has 2 saturated heterocycles. The zero-order valence-corrected chi connectivity index (χ0v) is 18.8. The number of methoxy groups -OCH3 is 1. The first-order valence-corrected chi connectivity index (χ1v) is 11.2. The van der Waals surface area contributed by atoms with E-state index < -0.39 is 0 Å². The van der Waals surface area contributed by atoms with Crippen molar-refractivity contribution in [2.45, 2.75) is 31.7 Å². The SMILES string of the molecule is COc1ccccc1-c1ccc(N2CCCC(C(=O)N(C)C3CCN(C)CC3)C2)nn1. The smallest absolute Gasteiger partial charge is 0.227 e. The van der Waals surface area contributed by atoms with Gasteiger partial charge in [-0.15, -0.1) is 10.2 Å². The number of rotatable bonds is 5. The van der Waals surface area contributed by atoms with Gasteiger partial charge in [0.2, 0.25) is 5.91 Å². The van der Waals surface area contributed by atoms with Gasteiger partial charge in [-0.25, -0.2) is 0 Å². The van der Waals surface area contributed by atoms with Gasteiger partial charge < -0.3 is 19.4 Å². The zero-order valence-electron chi connectivity index (χ0n) is 18.8. The van der Waals surface area contributed by atoms with Crippen LogP contribution in [0.2, 0.25) is 0 Å². The van der Waals surface area contributed by atoms with Crippen molar-refractivity contribution in [2.24, 2.45) is 5.92 Å². The Kier molecular flexibility index (Phi) is 6.70. The van der Waals surface area contributed by atoms with E-state index in [0.29, 0.717) is 12.6 Å². The van der Waals surface area contributed by atoms with Gasteiger partial charge in [-0.1, -0.05) is 12.1 Å². The van der Waals surface area contributed by atoms with Gasteiger partial charge in [0.25, 0.3) is 0 Å². The van der Waals surface area contributed by atoms with Gasteiger partial charge in [0, 0.05) is 31.7 Å². The fraction of sp³-hybridized carbons (Fsp3) is 0.542. The molecule has 1 amide bonds. The number of ether oxygens (including phenoxy) is 1. The summed E-state index contributed by atoms with van der Waals surface area (Å²) < 4.78 is 5.44. The molecule has 4 rings (SSSR count). The summed E-state index contributed by atoms with van der Waals surface area (Å²) in [7, 11) is 5.80. The highest BCUT2D eigenvalue weighted by atomic mass is 16.5. The average molecular weight is 424 g/mol. The monoisotopic (exact) mass is 423 g/mol. The minimum atomic E-state index is 0.0223. The average Bonchev–Trinajstić information content (AvgIpc) is 2.84. The van der Waals surface area contributed by atoms with Gasteiger partial charge in [0.15, 0.2) is 5.82 Å². The Hall–Kier alpha value is -2.67. The van der Waals surface area contributed by atoms with Gasteiger partial charge in [-0.2, -0.15) is 0 Å². The van der Waals surface area contributed by atoms with Crippen LogP contribution in [0, 0.1) is 5.92 Å². The second kappa shape index (κ2) is 9.64. The number of hydrogen-bond acceptors (Lipinski definition) is 6. The molecule has 7 heteroatoms. The first-order chi connectivity index (χ1) is 15.1. The molecule has 7 nitrogen and oxygen atoms in total. The van der Waals surface area contributed by atoms with Crippen molar-refractivity contribution in [3.8, 4) is 17.0 Å². The normalized spacial score (nSPS) is 20.5. The van der Waals surface area contributed by atoms with Crippen molar-refractivity contribution >= 4 is 11.7 Å². The molecule has 31 heavy (non-hydrogen) atoms. The summed E-state index contributed by atoms with van der Waals surface area (Å²) in [5.41, 5.74) is 1.71. The summed E-state index contributed by atoms with van der Waals surface area (Å²) in [6, 6.07) is 12.2. The maximum absolute atomic E-state index is 13.2. The van der Waals surface area contributed by atoms with Crippen LogP contribution in [0.25, 0.3) is 11.3 Å². The molecule has 0 radical (unpaired) electrons. The summed E-state index contributed by atoms with van der Waals surface area (Å²) in [6.07, 6.45) is 4.06. The van der Waals surface area contributed by atoms with Crippen LogP contribution < -0.4 is 9.64 Å². The largest absolute Gasteiger partial charge is 0.496 e. The summed E-state index contributed by atoms with van der Waals surface area (Å²) >= 11 is 0. The predicted molar refractivity (Wildman–Crippen MR) is 122 cm³/mol. The first kappa shape index (κ1) is 21.6. The number of carbonyl (C=O) groups is 1. The minimum Gasteiger partial charge on any atom is -0.496 e. The topological polar surface area (TPSA) is 61.8 Å². The van der Waals surface area contributed by atoms with Crippen molar-refractivity contribution < 1.29 is 9.53 Å². The number of carbonyl (C=O) groups excluding carboxylic acids is 1. The molecule has 166 valence electrons. The third-order valence-electron chi connectivity index (χ3n) is 6.71. The van der Waals surface area contributed by atoms with Gasteiger partial charge >= 0.3 is 0 Å².